The normalized spacial score (nSPS) is 15.3. The van der Waals surface area contributed by atoms with E-state index in [-0.39, 0.29) is 11.9 Å². The van der Waals surface area contributed by atoms with Crippen LogP contribution in [0.1, 0.15) is 36.9 Å². The number of carbonyl (C=O) groups excluding carboxylic acids is 1. The Balaban J connectivity index is 1.66. The molecule has 0 saturated carbocycles. The molecule has 0 N–H and O–H groups in total. The minimum Gasteiger partial charge on any atom is -0.465 e. The molecule has 7 heteroatoms. The van der Waals surface area contributed by atoms with Gasteiger partial charge in [-0.15, -0.1) is 0 Å². The Bertz CT molecular complexity index is 1560. The number of aryl methyl sites for hydroxylation is 1. The van der Waals surface area contributed by atoms with Crippen LogP contribution < -0.4 is 0 Å². The van der Waals surface area contributed by atoms with Gasteiger partial charge in [0.2, 0.25) is 0 Å². The first-order valence-corrected chi connectivity index (χ1v) is 12.6. The Morgan fingerprint density at radius 1 is 1.14 bits per heavy atom. The van der Waals surface area contributed by atoms with Crippen LogP contribution in [0, 0.1) is 0 Å². The second-order valence-electron chi connectivity index (χ2n) is 8.73. The third-order valence-corrected chi connectivity index (χ3v) is 7.08. The lowest BCUT2D eigenvalue weighted by Gasteiger charge is -2.23. The minimum absolute atomic E-state index is 0.196. The smallest absolute Gasteiger partial charge is 0.315 e. The molecule has 1 aliphatic rings. The van der Waals surface area contributed by atoms with Crippen molar-refractivity contribution >= 4 is 43.8 Å². The lowest BCUT2D eigenvalue weighted by atomic mass is 9.86. The van der Waals surface area contributed by atoms with Crippen LogP contribution in [0.4, 0.5) is 0 Å². The number of hydrogen-bond donors (Lipinski definition) is 0. The van der Waals surface area contributed by atoms with Gasteiger partial charge in [-0.3, -0.25) is 9.78 Å². The third kappa shape index (κ3) is 3.80. The highest BCUT2D eigenvalue weighted by atomic mass is 79.9. The Kier molecular flexibility index (Phi) is 5.57. The van der Waals surface area contributed by atoms with Crippen molar-refractivity contribution in [1.82, 2.24) is 19.7 Å². The van der Waals surface area contributed by atoms with E-state index in [2.05, 4.69) is 22.0 Å². The van der Waals surface area contributed by atoms with Gasteiger partial charge in [-0.2, -0.15) is 5.10 Å². The Labute approximate surface area is 211 Å². The van der Waals surface area contributed by atoms with Crippen molar-refractivity contribution in [3.8, 4) is 16.9 Å². The summed E-state index contributed by atoms with van der Waals surface area (Å²) in [5, 5.41) is 6.84. The second kappa shape index (κ2) is 8.89. The van der Waals surface area contributed by atoms with Crippen LogP contribution in [0.2, 0.25) is 0 Å². The lowest BCUT2D eigenvalue weighted by Crippen LogP contribution is -2.22. The van der Waals surface area contributed by atoms with E-state index in [9.17, 15) is 4.79 Å². The van der Waals surface area contributed by atoms with Gasteiger partial charge in [0.05, 0.1) is 34.8 Å². The molecule has 6 nitrogen and oxygen atoms in total. The monoisotopic (exact) mass is 526 g/mol. The van der Waals surface area contributed by atoms with Crippen molar-refractivity contribution < 1.29 is 9.53 Å². The highest BCUT2D eigenvalue weighted by molar-refractivity contribution is 9.10. The zero-order chi connectivity index (χ0) is 23.9. The van der Waals surface area contributed by atoms with E-state index in [0.29, 0.717) is 6.61 Å². The van der Waals surface area contributed by atoms with Gasteiger partial charge >= 0.3 is 5.97 Å². The van der Waals surface area contributed by atoms with E-state index in [0.717, 1.165) is 73.9 Å². The van der Waals surface area contributed by atoms with E-state index in [1.807, 2.05) is 72.4 Å². The molecular weight excluding hydrogens is 504 g/mol. The second-order valence-corrected chi connectivity index (χ2v) is 9.64. The molecule has 5 aromatic rings. The number of ether oxygens (including phenoxy) is 1. The number of benzene rings is 2. The van der Waals surface area contributed by atoms with Crippen LogP contribution in [0.15, 0.2) is 71.3 Å². The van der Waals surface area contributed by atoms with E-state index in [4.69, 9.17) is 19.8 Å². The van der Waals surface area contributed by atoms with Crippen LogP contribution in [0.3, 0.4) is 0 Å². The largest absolute Gasteiger partial charge is 0.465 e. The molecule has 0 spiro atoms. The average Bonchev–Trinajstić information content (AvgIpc) is 3.28. The maximum Gasteiger partial charge on any atom is 0.315 e. The molecular formula is C28H23BrN4O2. The van der Waals surface area contributed by atoms with Gasteiger partial charge < -0.3 is 4.74 Å². The zero-order valence-electron chi connectivity index (χ0n) is 19.2. The number of fused-ring (bicyclic) bond motifs is 4. The number of esters is 1. The van der Waals surface area contributed by atoms with Gasteiger partial charge in [-0.05, 0) is 62.1 Å². The highest BCUT2D eigenvalue weighted by Crippen LogP contribution is 2.38. The van der Waals surface area contributed by atoms with Crippen LogP contribution in [-0.2, 0) is 16.0 Å². The molecule has 0 aliphatic heterocycles. The fourth-order valence-electron chi connectivity index (χ4n) is 4.93. The molecule has 174 valence electrons. The number of nitrogens with zero attached hydrogens (tertiary/aromatic N) is 4. The van der Waals surface area contributed by atoms with Gasteiger partial charge in [0.15, 0.2) is 5.65 Å². The summed E-state index contributed by atoms with van der Waals surface area (Å²) in [6, 6.07) is 20.2. The fourth-order valence-corrected chi connectivity index (χ4v) is 5.19. The SMILES string of the molecule is CCOC(=O)C1CCCc2cc3cnc4c(c(-c5ccc(Br)cc5)nn4-c4ccccc4)c3nc21. The van der Waals surface area contributed by atoms with Crippen molar-refractivity contribution in [1.29, 1.82) is 0 Å². The van der Waals surface area contributed by atoms with E-state index < -0.39 is 0 Å². The van der Waals surface area contributed by atoms with E-state index in [1.165, 1.54) is 0 Å². The summed E-state index contributed by atoms with van der Waals surface area (Å²) >= 11 is 3.53. The van der Waals surface area contributed by atoms with Gasteiger partial charge in [0, 0.05) is 21.6 Å². The number of hydrogen-bond acceptors (Lipinski definition) is 5. The maximum absolute atomic E-state index is 12.8. The first-order chi connectivity index (χ1) is 17.1. The fraction of sp³-hybridized carbons (Fsp3) is 0.214. The molecule has 0 amide bonds. The summed E-state index contributed by atoms with van der Waals surface area (Å²) in [7, 11) is 0. The van der Waals surface area contributed by atoms with Crippen LogP contribution in [-0.4, -0.2) is 32.3 Å². The molecule has 3 heterocycles. The first-order valence-electron chi connectivity index (χ1n) is 11.8. The summed E-state index contributed by atoms with van der Waals surface area (Å²) in [6.45, 7) is 2.21. The molecule has 1 unspecified atom stereocenters. The summed E-state index contributed by atoms with van der Waals surface area (Å²) in [6.07, 6.45) is 4.46. The predicted molar refractivity (Wildman–Crippen MR) is 140 cm³/mol. The van der Waals surface area contributed by atoms with Crippen molar-refractivity contribution in [2.45, 2.75) is 32.1 Å². The third-order valence-electron chi connectivity index (χ3n) is 6.55. The Hall–Kier alpha value is -3.58. The number of halogens is 1. The molecule has 2 aromatic carbocycles. The van der Waals surface area contributed by atoms with Crippen LogP contribution in [0.25, 0.3) is 38.9 Å². The topological polar surface area (TPSA) is 69.9 Å². The molecule has 0 fully saturated rings. The summed E-state index contributed by atoms with van der Waals surface area (Å²) < 4.78 is 8.26. The average molecular weight is 527 g/mol. The summed E-state index contributed by atoms with van der Waals surface area (Å²) in [4.78, 5) is 22.8. The zero-order valence-corrected chi connectivity index (χ0v) is 20.8. The van der Waals surface area contributed by atoms with Crippen molar-refractivity contribution in [3.63, 3.8) is 0 Å². The molecule has 35 heavy (non-hydrogen) atoms. The summed E-state index contributed by atoms with van der Waals surface area (Å²) in [5.41, 5.74) is 6.18. The minimum atomic E-state index is -0.341. The highest BCUT2D eigenvalue weighted by Gasteiger charge is 2.30. The van der Waals surface area contributed by atoms with Gasteiger partial charge in [-0.1, -0.05) is 46.3 Å². The molecule has 1 aliphatic carbocycles. The lowest BCUT2D eigenvalue weighted by molar-refractivity contribution is -0.145. The molecule has 0 radical (unpaired) electrons. The molecule has 3 aromatic heterocycles. The van der Waals surface area contributed by atoms with Gasteiger partial charge in [-0.25, -0.2) is 9.67 Å². The standard InChI is InChI=1S/C28H23BrN4O2/c1-2-35-28(34)22-10-6-7-18-15-19-16-30-27-23(25(19)31-24(18)22)26(17-11-13-20(29)14-12-17)32-33(27)21-8-4-3-5-9-21/h3-5,8-9,11-16,22H,2,6-7,10H2,1H3. The molecule has 0 saturated heterocycles. The quantitative estimate of drug-likeness (QED) is 0.254. The first kappa shape index (κ1) is 21.9. The maximum atomic E-state index is 12.8. The number of pyridine rings is 2. The van der Waals surface area contributed by atoms with Crippen molar-refractivity contribution in [2.75, 3.05) is 6.61 Å². The van der Waals surface area contributed by atoms with Crippen LogP contribution >= 0.6 is 15.9 Å². The van der Waals surface area contributed by atoms with Gasteiger partial charge in [0.25, 0.3) is 0 Å². The number of carbonyl (C=O) groups is 1. The van der Waals surface area contributed by atoms with Crippen LogP contribution in [0.5, 0.6) is 0 Å². The van der Waals surface area contributed by atoms with Crippen molar-refractivity contribution in [2.24, 2.45) is 0 Å². The number of aromatic nitrogens is 4. The Morgan fingerprint density at radius 2 is 1.94 bits per heavy atom. The molecule has 1 atom stereocenters. The van der Waals surface area contributed by atoms with Crippen molar-refractivity contribution in [3.05, 3.63) is 82.6 Å². The molecule has 0 bridgehead atoms. The van der Waals surface area contributed by atoms with E-state index >= 15 is 0 Å². The number of para-hydroxylation sites is 1. The predicted octanol–water partition coefficient (Wildman–Crippen LogP) is 6.38. The number of rotatable bonds is 4. The Morgan fingerprint density at radius 3 is 2.71 bits per heavy atom. The molecule has 6 rings (SSSR count). The van der Waals surface area contributed by atoms with Gasteiger partial charge in [0.1, 0.15) is 5.69 Å². The van der Waals surface area contributed by atoms with E-state index in [1.54, 1.807) is 0 Å². The summed E-state index contributed by atoms with van der Waals surface area (Å²) in [5.74, 6) is -0.537.